The fourth-order valence-corrected chi connectivity index (χ4v) is 3.97. The maximum atomic E-state index is 12.7. The zero-order valence-corrected chi connectivity index (χ0v) is 18.6. The molecule has 1 amide bonds. The average Bonchev–Trinajstić information content (AvgIpc) is 3.16. The third-order valence-corrected chi connectivity index (χ3v) is 5.71. The zero-order chi connectivity index (χ0) is 23.2. The van der Waals surface area contributed by atoms with Crippen molar-refractivity contribution in [2.24, 2.45) is 5.92 Å². The molecule has 1 aliphatic heterocycles. The second-order valence-corrected chi connectivity index (χ2v) is 7.96. The molecule has 1 aromatic carbocycles. The number of hydrogen-bond acceptors (Lipinski definition) is 7. The number of carbonyl (C=O) groups is 2. The van der Waals surface area contributed by atoms with Crippen LogP contribution in [0.5, 0.6) is 0 Å². The lowest BCUT2D eigenvalue weighted by Gasteiger charge is -2.22. The number of aromatic nitrogens is 3. The second-order valence-electron chi connectivity index (χ2n) is 7.96. The Bertz CT molecular complexity index is 1110. The van der Waals surface area contributed by atoms with E-state index >= 15 is 0 Å². The van der Waals surface area contributed by atoms with E-state index in [4.69, 9.17) is 15.6 Å². The Kier molecular flexibility index (Phi) is 6.99. The van der Waals surface area contributed by atoms with Gasteiger partial charge in [0.2, 0.25) is 0 Å². The molecule has 0 spiro atoms. The molecular formula is C24H28N6O3. The standard InChI is InChI=1S/C24H28N6O3/c1-2-33-24(32)22-21(29-20(30(22)25)15-16-10-13-26-14-11-16)17-6-8-18(9-7-17)23(31)28-19-5-3-4-12-27-19/h3-9,12,16,26H,2,10-11,13-15,25H2,1H3,(H,27,28,31). The number of nitrogens with one attached hydrogen (secondary N) is 2. The third kappa shape index (κ3) is 5.20. The van der Waals surface area contributed by atoms with Crippen LogP contribution in [0.4, 0.5) is 5.82 Å². The molecule has 0 aliphatic carbocycles. The first kappa shape index (κ1) is 22.5. The van der Waals surface area contributed by atoms with Gasteiger partial charge in [-0.15, -0.1) is 0 Å². The quantitative estimate of drug-likeness (QED) is 0.375. The van der Waals surface area contributed by atoms with Crippen molar-refractivity contribution in [3.8, 4) is 11.3 Å². The smallest absolute Gasteiger partial charge is 0.359 e. The summed E-state index contributed by atoms with van der Waals surface area (Å²) < 4.78 is 6.60. The highest BCUT2D eigenvalue weighted by molar-refractivity contribution is 6.04. The lowest BCUT2D eigenvalue weighted by Crippen LogP contribution is -2.30. The van der Waals surface area contributed by atoms with Crippen LogP contribution in [-0.2, 0) is 11.2 Å². The summed E-state index contributed by atoms with van der Waals surface area (Å²) in [5.74, 6) is 7.10. The van der Waals surface area contributed by atoms with Crippen molar-refractivity contribution in [3.05, 3.63) is 65.7 Å². The summed E-state index contributed by atoms with van der Waals surface area (Å²) in [6, 6.07) is 12.2. The monoisotopic (exact) mass is 448 g/mol. The molecular weight excluding hydrogens is 420 g/mol. The molecule has 0 atom stereocenters. The predicted molar refractivity (Wildman–Crippen MR) is 125 cm³/mol. The van der Waals surface area contributed by atoms with E-state index < -0.39 is 5.97 Å². The molecule has 1 fully saturated rings. The molecule has 3 aromatic rings. The number of piperidine rings is 1. The Morgan fingerprint density at radius 1 is 1.18 bits per heavy atom. The van der Waals surface area contributed by atoms with Crippen LogP contribution in [0.25, 0.3) is 11.3 Å². The summed E-state index contributed by atoms with van der Waals surface area (Å²) in [5, 5.41) is 6.11. The number of benzene rings is 1. The van der Waals surface area contributed by atoms with Crippen molar-refractivity contribution in [1.29, 1.82) is 0 Å². The molecule has 0 saturated carbocycles. The Balaban J connectivity index is 1.60. The molecule has 1 saturated heterocycles. The number of pyridine rings is 1. The number of ether oxygens (including phenoxy) is 1. The normalized spacial score (nSPS) is 14.1. The van der Waals surface area contributed by atoms with Gasteiger partial charge in [0.05, 0.1) is 6.61 Å². The summed E-state index contributed by atoms with van der Waals surface area (Å²) in [4.78, 5) is 34.1. The van der Waals surface area contributed by atoms with Gasteiger partial charge in [-0.3, -0.25) is 4.79 Å². The van der Waals surface area contributed by atoms with E-state index in [1.807, 2.05) is 0 Å². The minimum atomic E-state index is -0.518. The Morgan fingerprint density at radius 3 is 2.61 bits per heavy atom. The lowest BCUT2D eigenvalue weighted by molar-refractivity contribution is 0.0516. The van der Waals surface area contributed by atoms with E-state index in [0.29, 0.717) is 40.8 Å². The van der Waals surface area contributed by atoms with E-state index in [0.717, 1.165) is 25.9 Å². The number of nitrogens with zero attached hydrogens (tertiary/aromatic N) is 3. The van der Waals surface area contributed by atoms with E-state index in [9.17, 15) is 9.59 Å². The summed E-state index contributed by atoms with van der Waals surface area (Å²) >= 11 is 0. The van der Waals surface area contributed by atoms with Gasteiger partial charge in [0, 0.05) is 23.7 Å². The Hall–Kier alpha value is -3.72. The first-order valence-electron chi connectivity index (χ1n) is 11.1. The van der Waals surface area contributed by atoms with Crippen molar-refractivity contribution < 1.29 is 14.3 Å². The molecule has 0 bridgehead atoms. The molecule has 172 valence electrons. The van der Waals surface area contributed by atoms with Gasteiger partial charge in [-0.05, 0) is 63.0 Å². The summed E-state index contributed by atoms with van der Waals surface area (Å²) in [6.45, 7) is 3.92. The molecule has 3 heterocycles. The van der Waals surface area contributed by atoms with Gasteiger partial charge >= 0.3 is 5.97 Å². The van der Waals surface area contributed by atoms with E-state index in [1.54, 1.807) is 55.6 Å². The van der Waals surface area contributed by atoms with Gasteiger partial charge in [-0.1, -0.05) is 18.2 Å². The van der Waals surface area contributed by atoms with Crippen LogP contribution in [0.1, 0.15) is 46.4 Å². The van der Waals surface area contributed by atoms with Gasteiger partial charge in [-0.25, -0.2) is 19.4 Å². The minimum Gasteiger partial charge on any atom is -0.461 e. The van der Waals surface area contributed by atoms with Crippen LogP contribution >= 0.6 is 0 Å². The van der Waals surface area contributed by atoms with E-state index in [1.165, 1.54) is 4.68 Å². The van der Waals surface area contributed by atoms with Crippen LogP contribution in [0.15, 0.2) is 48.7 Å². The Morgan fingerprint density at radius 2 is 1.94 bits per heavy atom. The summed E-state index contributed by atoms with van der Waals surface area (Å²) in [5.41, 5.74) is 1.82. The largest absolute Gasteiger partial charge is 0.461 e. The van der Waals surface area contributed by atoms with Gasteiger partial charge < -0.3 is 21.2 Å². The molecule has 9 nitrogen and oxygen atoms in total. The summed E-state index contributed by atoms with van der Waals surface area (Å²) in [7, 11) is 0. The van der Waals surface area contributed by atoms with Gasteiger partial charge in [0.15, 0.2) is 5.69 Å². The lowest BCUT2D eigenvalue weighted by atomic mass is 9.94. The predicted octanol–water partition coefficient (Wildman–Crippen LogP) is 2.63. The molecule has 2 aromatic heterocycles. The number of anilines is 1. The number of rotatable bonds is 7. The summed E-state index contributed by atoms with van der Waals surface area (Å²) in [6.07, 6.45) is 4.38. The van der Waals surface area contributed by atoms with Gasteiger partial charge in [0.25, 0.3) is 5.91 Å². The number of nitrogen functional groups attached to an aromatic ring is 1. The molecule has 4 N–H and O–H groups in total. The fraction of sp³-hybridized carbons (Fsp3) is 0.333. The molecule has 33 heavy (non-hydrogen) atoms. The SMILES string of the molecule is CCOC(=O)c1c(-c2ccc(C(=O)Nc3ccccn3)cc2)nc(CC2CCNCC2)n1N. The highest BCUT2D eigenvalue weighted by atomic mass is 16.5. The average molecular weight is 449 g/mol. The molecule has 9 heteroatoms. The number of hydrogen-bond donors (Lipinski definition) is 3. The maximum absolute atomic E-state index is 12.7. The van der Waals surface area contributed by atoms with Crippen LogP contribution in [0.2, 0.25) is 0 Å². The molecule has 0 unspecified atom stereocenters. The number of carbonyl (C=O) groups excluding carboxylic acids is 2. The van der Waals surface area contributed by atoms with Crippen LogP contribution in [-0.4, -0.2) is 46.2 Å². The van der Waals surface area contributed by atoms with Crippen LogP contribution in [0.3, 0.4) is 0 Å². The van der Waals surface area contributed by atoms with Crippen LogP contribution in [0, 0.1) is 5.92 Å². The number of imidazole rings is 1. The number of nitrogens with two attached hydrogens (primary N) is 1. The fourth-order valence-electron chi connectivity index (χ4n) is 3.97. The van der Waals surface area contributed by atoms with Gasteiger partial charge in [-0.2, -0.15) is 0 Å². The van der Waals surface area contributed by atoms with Crippen molar-refractivity contribution in [2.75, 3.05) is 30.9 Å². The van der Waals surface area contributed by atoms with Crippen LogP contribution < -0.4 is 16.5 Å². The zero-order valence-electron chi connectivity index (χ0n) is 18.6. The number of amides is 1. The van der Waals surface area contributed by atoms with E-state index in [-0.39, 0.29) is 18.2 Å². The molecule has 1 aliphatic rings. The molecule has 0 radical (unpaired) electrons. The highest BCUT2D eigenvalue weighted by Crippen LogP contribution is 2.27. The maximum Gasteiger partial charge on any atom is 0.359 e. The third-order valence-electron chi connectivity index (χ3n) is 5.71. The highest BCUT2D eigenvalue weighted by Gasteiger charge is 2.26. The Labute approximate surface area is 192 Å². The van der Waals surface area contributed by atoms with E-state index in [2.05, 4.69) is 15.6 Å². The van der Waals surface area contributed by atoms with Crippen molar-refractivity contribution in [2.45, 2.75) is 26.2 Å². The van der Waals surface area contributed by atoms with Crippen molar-refractivity contribution in [1.82, 2.24) is 20.0 Å². The topological polar surface area (TPSA) is 124 Å². The first-order chi connectivity index (χ1) is 16.1. The van der Waals surface area contributed by atoms with Crippen molar-refractivity contribution >= 4 is 17.7 Å². The minimum absolute atomic E-state index is 0.214. The van der Waals surface area contributed by atoms with Gasteiger partial charge in [0.1, 0.15) is 17.3 Å². The molecule has 4 rings (SSSR count). The van der Waals surface area contributed by atoms with Crippen molar-refractivity contribution in [3.63, 3.8) is 0 Å². The second kappa shape index (κ2) is 10.3. The number of esters is 1. The first-order valence-corrected chi connectivity index (χ1v) is 11.1.